The molecule has 0 fully saturated rings. The zero-order chi connectivity index (χ0) is 18.5. The van der Waals surface area contributed by atoms with Gasteiger partial charge in [0.25, 0.3) is 5.76 Å². The number of fused-ring (bicyclic) bond motifs is 1. The number of para-hydroxylation sites is 1. The Bertz CT molecular complexity index is 974. The van der Waals surface area contributed by atoms with Gasteiger partial charge in [-0.1, -0.05) is 36.7 Å². The van der Waals surface area contributed by atoms with Crippen molar-refractivity contribution in [2.24, 2.45) is 0 Å². The molecule has 3 aromatic rings. The molecule has 2 aromatic carbocycles. The van der Waals surface area contributed by atoms with Gasteiger partial charge >= 0.3 is 5.97 Å². The third kappa shape index (κ3) is 4.10. The van der Waals surface area contributed by atoms with E-state index in [1.807, 2.05) is 6.07 Å². The molecule has 0 aliphatic rings. The summed E-state index contributed by atoms with van der Waals surface area (Å²) in [5.41, 5.74) is 1.13. The topological polar surface area (TPSA) is 81.5 Å². The maximum absolute atomic E-state index is 11.7. The highest BCUT2D eigenvalue weighted by Crippen LogP contribution is 2.22. The Morgan fingerprint density at radius 3 is 2.58 bits per heavy atom. The minimum atomic E-state index is -1.26. The van der Waals surface area contributed by atoms with Gasteiger partial charge in [0.05, 0.1) is 17.2 Å². The average molecular weight is 371 g/mol. The lowest BCUT2D eigenvalue weighted by atomic mass is 10.3. The summed E-state index contributed by atoms with van der Waals surface area (Å²) >= 11 is 5.96. The quantitative estimate of drug-likeness (QED) is 0.510. The Hall–Kier alpha value is -3.12. The van der Waals surface area contributed by atoms with Gasteiger partial charge in [-0.25, -0.2) is 14.8 Å². The predicted octanol–water partition coefficient (Wildman–Crippen LogP) is 4.45. The van der Waals surface area contributed by atoms with Crippen molar-refractivity contribution >= 4 is 28.6 Å². The van der Waals surface area contributed by atoms with Crippen molar-refractivity contribution in [3.8, 4) is 11.6 Å². The summed E-state index contributed by atoms with van der Waals surface area (Å²) < 4.78 is 11.2. The number of allylic oxidation sites excluding steroid dienone is 1. The van der Waals surface area contributed by atoms with E-state index in [1.54, 1.807) is 49.4 Å². The zero-order valence-electron chi connectivity index (χ0n) is 13.8. The molecular weight excluding hydrogens is 356 g/mol. The summed E-state index contributed by atoms with van der Waals surface area (Å²) in [5.74, 6) is -0.864. The van der Waals surface area contributed by atoms with Gasteiger partial charge in [0, 0.05) is 11.4 Å². The number of aliphatic carboxylic acids is 1. The number of carboxylic acids is 1. The summed E-state index contributed by atoms with van der Waals surface area (Å²) in [7, 11) is 0. The van der Waals surface area contributed by atoms with Crippen LogP contribution in [0.1, 0.15) is 13.3 Å². The van der Waals surface area contributed by atoms with Crippen molar-refractivity contribution in [1.82, 2.24) is 9.97 Å². The molecule has 0 saturated carbocycles. The Morgan fingerprint density at radius 1 is 1.12 bits per heavy atom. The van der Waals surface area contributed by atoms with Gasteiger partial charge in [-0.3, -0.25) is 0 Å². The minimum absolute atomic E-state index is 0.0415. The van der Waals surface area contributed by atoms with E-state index in [2.05, 4.69) is 9.97 Å². The van der Waals surface area contributed by atoms with Crippen molar-refractivity contribution in [3.05, 3.63) is 71.3 Å². The molecule has 7 heteroatoms. The predicted molar refractivity (Wildman–Crippen MR) is 97.2 cm³/mol. The van der Waals surface area contributed by atoms with E-state index < -0.39 is 5.97 Å². The number of halogens is 1. The van der Waals surface area contributed by atoms with E-state index in [1.165, 1.54) is 6.20 Å². The van der Waals surface area contributed by atoms with Crippen molar-refractivity contribution < 1.29 is 19.4 Å². The van der Waals surface area contributed by atoms with Crippen LogP contribution < -0.4 is 9.47 Å². The standard InChI is InChI=1S/C19H15ClN2O4/c1-2-16(25-13-6-4-3-5-7-13)18(19(23)24)26-17-11-21-14-9-8-12(20)10-15(14)22-17/h3-11H,2H2,1H3,(H,23,24)/b18-16+. The molecule has 132 valence electrons. The van der Waals surface area contributed by atoms with E-state index in [0.29, 0.717) is 28.2 Å². The van der Waals surface area contributed by atoms with Crippen LogP contribution in [-0.4, -0.2) is 21.0 Å². The molecule has 0 radical (unpaired) electrons. The van der Waals surface area contributed by atoms with E-state index in [-0.39, 0.29) is 17.4 Å². The molecule has 0 atom stereocenters. The Morgan fingerprint density at radius 2 is 1.88 bits per heavy atom. The van der Waals surface area contributed by atoms with Crippen molar-refractivity contribution in [3.63, 3.8) is 0 Å². The van der Waals surface area contributed by atoms with E-state index >= 15 is 0 Å². The molecule has 0 aliphatic heterocycles. The van der Waals surface area contributed by atoms with Gasteiger partial charge in [-0.2, -0.15) is 0 Å². The van der Waals surface area contributed by atoms with E-state index in [0.717, 1.165) is 0 Å². The molecule has 1 heterocycles. The first kappa shape index (κ1) is 17.7. The van der Waals surface area contributed by atoms with E-state index in [9.17, 15) is 9.90 Å². The van der Waals surface area contributed by atoms with Crippen LogP contribution in [0.3, 0.4) is 0 Å². The van der Waals surface area contributed by atoms with Gasteiger partial charge in [-0.15, -0.1) is 0 Å². The Balaban J connectivity index is 1.95. The van der Waals surface area contributed by atoms with Gasteiger partial charge in [0.2, 0.25) is 5.88 Å². The zero-order valence-corrected chi connectivity index (χ0v) is 14.6. The van der Waals surface area contributed by atoms with E-state index in [4.69, 9.17) is 21.1 Å². The van der Waals surface area contributed by atoms with Crippen LogP contribution in [-0.2, 0) is 4.79 Å². The van der Waals surface area contributed by atoms with Crippen LogP contribution in [0, 0.1) is 0 Å². The molecule has 0 amide bonds. The molecule has 0 aliphatic carbocycles. The summed E-state index contributed by atoms with van der Waals surface area (Å²) in [6.07, 6.45) is 1.68. The first-order chi connectivity index (χ1) is 12.6. The van der Waals surface area contributed by atoms with Gasteiger partial charge in [0.15, 0.2) is 5.76 Å². The second kappa shape index (κ2) is 7.84. The summed E-state index contributed by atoms with van der Waals surface area (Å²) in [6, 6.07) is 13.9. The summed E-state index contributed by atoms with van der Waals surface area (Å²) in [6.45, 7) is 1.77. The number of benzene rings is 2. The van der Waals surface area contributed by atoms with Crippen molar-refractivity contribution in [1.29, 1.82) is 0 Å². The molecule has 0 spiro atoms. The number of hydrogen-bond donors (Lipinski definition) is 1. The van der Waals surface area contributed by atoms with Crippen LogP contribution in [0.4, 0.5) is 0 Å². The average Bonchev–Trinajstić information content (AvgIpc) is 2.64. The molecule has 26 heavy (non-hydrogen) atoms. The first-order valence-electron chi connectivity index (χ1n) is 7.86. The van der Waals surface area contributed by atoms with Crippen LogP contribution in [0.5, 0.6) is 11.6 Å². The first-order valence-corrected chi connectivity index (χ1v) is 8.24. The number of ether oxygens (including phenoxy) is 2. The lowest BCUT2D eigenvalue weighted by Gasteiger charge is -2.13. The second-order valence-electron chi connectivity index (χ2n) is 5.27. The third-order valence-corrected chi connectivity index (χ3v) is 3.68. The molecule has 1 aromatic heterocycles. The smallest absolute Gasteiger partial charge is 0.375 e. The summed E-state index contributed by atoms with van der Waals surface area (Å²) in [5, 5.41) is 10.0. The lowest BCUT2D eigenvalue weighted by Crippen LogP contribution is -2.15. The van der Waals surface area contributed by atoms with Crippen LogP contribution >= 0.6 is 11.6 Å². The monoisotopic (exact) mass is 370 g/mol. The highest BCUT2D eigenvalue weighted by molar-refractivity contribution is 6.31. The molecule has 6 nitrogen and oxygen atoms in total. The number of aromatic nitrogens is 2. The Kier molecular flexibility index (Phi) is 5.34. The fourth-order valence-electron chi connectivity index (χ4n) is 2.25. The molecule has 0 saturated heterocycles. The number of hydrogen-bond acceptors (Lipinski definition) is 5. The molecular formula is C19H15ClN2O4. The minimum Gasteiger partial charge on any atom is -0.475 e. The van der Waals surface area contributed by atoms with Crippen LogP contribution in [0.15, 0.2) is 66.2 Å². The normalized spacial score (nSPS) is 11.8. The SMILES string of the molecule is CC/C(Oc1ccccc1)=C(\Oc1cnc2ccc(Cl)cc2n1)C(=O)O. The largest absolute Gasteiger partial charge is 0.475 e. The van der Waals surface area contributed by atoms with Gasteiger partial charge in [0.1, 0.15) is 5.75 Å². The maximum Gasteiger partial charge on any atom is 0.375 e. The Labute approximate surface area is 154 Å². The van der Waals surface area contributed by atoms with Gasteiger partial charge < -0.3 is 14.6 Å². The second-order valence-corrected chi connectivity index (χ2v) is 5.71. The number of carboxylic acid groups (broad SMARTS) is 1. The molecule has 0 unspecified atom stereocenters. The number of nitrogens with zero attached hydrogens (tertiary/aromatic N) is 2. The van der Waals surface area contributed by atoms with Crippen molar-refractivity contribution in [2.45, 2.75) is 13.3 Å². The summed E-state index contributed by atoms with van der Waals surface area (Å²) in [4.78, 5) is 20.1. The lowest BCUT2D eigenvalue weighted by molar-refractivity contribution is -0.135. The fourth-order valence-corrected chi connectivity index (χ4v) is 2.42. The van der Waals surface area contributed by atoms with Crippen LogP contribution in [0.2, 0.25) is 5.02 Å². The highest BCUT2D eigenvalue weighted by Gasteiger charge is 2.20. The third-order valence-electron chi connectivity index (χ3n) is 3.44. The highest BCUT2D eigenvalue weighted by atomic mass is 35.5. The number of rotatable bonds is 6. The fraction of sp³-hybridized carbons (Fsp3) is 0.105. The molecule has 3 rings (SSSR count). The van der Waals surface area contributed by atoms with Crippen LogP contribution in [0.25, 0.3) is 11.0 Å². The maximum atomic E-state index is 11.7. The molecule has 1 N–H and O–H groups in total. The molecule has 0 bridgehead atoms. The van der Waals surface area contributed by atoms with Gasteiger partial charge in [-0.05, 0) is 30.3 Å². The number of carbonyl (C=O) groups is 1. The van der Waals surface area contributed by atoms with Crippen molar-refractivity contribution in [2.75, 3.05) is 0 Å².